The molecular formula is C30H23N3O5S. The van der Waals surface area contributed by atoms with E-state index in [1.54, 1.807) is 15.6 Å². The molecule has 2 atom stereocenters. The fraction of sp³-hybridized carbons (Fsp3) is 0.167. The largest absolute Gasteiger partial charge is 0.486 e. The Balaban J connectivity index is 1.29. The second kappa shape index (κ2) is 9.67. The zero-order valence-electron chi connectivity index (χ0n) is 20.7. The zero-order chi connectivity index (χ0) is 26.3. The number of thioether (sulfide) groups is 1. The van der Waals surface area contributed by atoms with Crippen molar-refractivity contribution in [2.75, 3.05) is 18.9 Å². The van der Waals surface area contributed by atoms with Gasteiger partial charge in [0.2, 0.25) is 5.91 Å². The number of benzene rings is 3. The maximum absolute atomic E-state index is 13.2. The van der Waals surface area contributed by atoms with Crippen LogP contribution in [0.25, 0.3) is 27.9 Å². The highest BCUT2D eigenvalue weighted by molar-refractivity contribution is 8.00. The van der Waals surface area contributed by atoms with E-state index >= 15 is 0 Å². The molecule has 0 radical (unpaired) electrons. The molecule has 0 saturated carbocycles. The SMILES string of the molecule is O=C1CS[C@@H](c2cn(-c3ccccc3)nc2-c2cc3ccccc3oc2=O)N1C[C@H]1COc2ccccc2O1. The molecule has 3 aromatic carbocycles. The van der Waals surface area contributed by atoms with Gasteiger partial charge in [-0.1, -0.05) is 48.5 Å². The second-order valence-corrected chi connectivity index (χ2v) is 10.5. The van der Waals surface area contributed by atoms with Gasteiger partial charge in [-0.2, -0.15) is 5.10 Å². The number of carbonyl (C=O) groups is 1. The first-order chi connectivity index (χ1) is 19.1. The summed E-state index contributed by atoms with van der Waals surface area (Å²) >= 11 is 1.51. The summed E-state index contributed by atoms with van der Waals surface area (Å²) < 4.78 is 19.5. The highest BCUT2D eigenvalue weighted by Crippen LogP contribution is 2.43. The smallest absolute Gasteiger partial charge is 0.345 e. The van der Waals surface area contributed by atoms with E-state index < -0.39 is 5.63 Å². The van der Waals surface area contributed by atoms with Crippen LogP contribution >= 0.6 is 11.8 Å². The lowest BCUT2D eigenvalue weighted by molar-refractivity contribution is -0.129. The molecule has 0 unspecified atom stereocenters. The fourth-order valence-electron chi connectivity index (χ4n) is 5.00. The van der Waals surface area contributed by atoms with Crippen LogP contribution in [0.4, 0.5) is 0 Å². The molecule has 1 fully saturated rings. The number of carbonyl (C=O) groups excluding carboxylic acids is 1. The molecule has 0 N–H and O–H groups in total. The van der Waals surface area contributed by atoms with Gasteiger partial charge < -0.3 is 18.8 Å². The molecule has 5 aromatic rings. The predicted molar refractivity (Wildman–Crippen MR) is 148 cm³/mol. The third-order valence-corrected chi connectivity index (χ3v) is 8.10. The lowest BCUT2D eigenvalue weighted by Crippen LogP contribution is -2.42. The summed E-state index contributed by atoms with van der Waals surface area (Å²) in [5, 5.41) is 5.28. The van der Waals surface area contributed by atoms with Gasteiger partial charge in [-0.15, -0.1) is 11.8 Å². The van der Waals surface area contributed by atoms with E-state index in [9.17, 15) is 9.59 Å². The molecule has 0 aliphatic carbocycles. The van der Waals surface area contributed by atoms with Gasteiger partial charge in [-0.25, -0.2) is 9.48 Å². The van der Waals surface area contributed by atoms with E-state index in [0.717, 1.165) is 16.6 Å². The Labute approximate surface area is 227 Å². The van der Waals surface area contributed by atoms with Crippen LogP contribution in [-0.4, -0.2) is 45.6 Å². The average molecular weight is 538 g/mol. The predicted octanol–water partition coefficient (Wildman–Crippen LogP) is 5.06. The van der Waals surface area contributed by atoms with Crippen molar-refractivity contribution < 1.29 is 18.7 Å². The Morgan fingerprint density at radius 1 is 0.923 bits per heavy atom. The van der Waals surface area contributed by atoms with E-state index in [1.807, 2.05) is 85.1 Å². The van der Waals surface area contributed by atoms with Crippen molar-refractivity contribution in [3.05, 3.63) is 107 Å². The van der Waals surface area contributed by atoms with Crippen LogP contribution in [0.1, 0.15) is 10.9 Å². The number of nitrogens with zero attached hydrogens (tertiary/aromatic N) is 3. The third-order valence-electron chi connectivity index (χ3n) is 6.86. The Morgan fingerprint density at radius 2 is 1.69 bits per heavy atom. The molecule has 0 bridgehead atoms. The minimum Gasteiger partial charge on any atom is -0.486 e. The van der Waals surface area contributed by atoms with Crippen LogP contribution in [0, 0.1) is 0 Å². The van der Waals surface area contributed by atoms with E-state index in [1.165, 1.54) is 11.8 Å². The number of hydrogen-bond acceptors (Lipinski definition) is 7. The van der Waals surface area contributed by atoms with Crippen molar-refractivity contribution in [1.82, 2.24) is 14.7 Å². The lowest BCUT2D eigenvalue weighted by Gasteiger charge is -2.31. The first kappa shape index (κ1) is 23.6. The topological polar surface area (TPSA) is 86.8 Å². The number of fused-ring (bicyclic) bond motifs is 2. The maximum atomic E-state index is 13.2. The van der Waals surface area contributed by atoms with Gasteiger partial charge in [0, 0.05) is 17.1 Å². The van der Waals surface area contributed by atoms with Gasteiger partial charge in [0.25, 0.3) is 0 Å². The van der Waals surface area contributed by atoms with Crippen LogP contribution in [0.15, 0.2) is 100 Å². The number of ether oxygens (including phenoxy) is 2. The van der Waals surface area contributed by atoms with Crippen LogP contribution in [0.2, 0.25) is 0 Å². The monoisotopic (exact) mass is 537 g/mol. The molecular weight excluding hydrogens is 514 g/mol. The van der Waals surface area contributed by atoms with Gasteiger partial charge in [-0.05, 0) is 36.4 Å². The van der Waals surface area contributed by atoms with Crippen LogP contribution in [0.3, 0.4) is 0 Å². The van der Waals surface area contributed by atoms with Gasteiger partial charge in [0.05, 0.1) is 23.5 Å². The molecule has 1 saturated heterocycles. The summed E-state index contributed by atoms with van der Waals surface area (Å²) in [5.41, 5.74) is 2.48. The summed E-state index contributed by atoms with van der Waals surface area (Å²) in [6, 6.07) is 26.4. The van der Waals surface area contributed by atoms with Crippen molar-refractivity contribution >= 4 is 28.6 Å². The van der Waals surface area contributed by atoms with Crippen molar-refractivity contribution in [3.8, 4) is 28.4 Å². The molecule has 1 amide bonds. The Hall–Kier alpha value is -4.50. The summed E-state index contributed by atoms with van der Waals surface area (Å²) in [6.45, 7) is 0.676. The fourth-order valence-corrected chi connectivity index (χ4v) is 6.20. The normalized spacial score (nSPS) is 18.6. The average Bonchev–Trinajstić information content (AvgIpc) is 3.56. The van der Waals surface area contributed by atoms with Crippen LogP contribution in [0.5, 0.6) is 11.5 Å². The highest BCUT2D eigenvalue weighted by atomic mass is 32.2. The quantitative estimate of drug-likeness (QED) is 0.290. The van der Waals surface area contributed by atoms with Crippen LogP contribution < -0.4 is 15.1 Å². The number of aromatic nitrogens is 2. The summed E-state index contributed by atoms with van der Waals surface area (Å²) in [4.78, 5) is 28.1. The Morgan fingerprint density at radius 3 is 2.56 bits per heavy atom. The first-order valence-corrected chi connectivity index (χ1v) is 13.7. The van der Waals surface area contributed by atoms with E-state index in [-0.39, 0.29) is 17.4 Å². The molecule has 7 rings (SSSR count). The summed E-state index contributed by atoms with van der Waals surface area (Å²) in [6.07, 6.45) is 1.57. The lowest BCUT2D eigenvalue weighted by atomic mass is 10.1. The summed E-state index contributed by atoms with van der Waals surface area (Å²) in [7, 11) is 0. The highest BCUT2D eigenvalue weighted by Gasteiger charge is 2.39. The maximum Gasteiger partial charge on any atom is 0.345 e. The van der Waals surface area contributed by atoms with Gasteiger partial charge in [-0.3, -0.25) is 4.79 Å². The van der Waals surface area contributed by atoms with E-state index in [4.69, 9.17) is 19.0 Å². The molecule has 39 heavy (non-hydrogen) atoms. The molecule has 4 heterocycles. The molecule has 2 aliphatic heterocycles. The van der Waals surface area contributed by atoms with Gasteiger partial charge >= 0.3 is 5.63 Å². The number of amides is 1. The van der Waals surface area contributed by atoms with E-state index in [2.05, 4.69) is 0 Å². The number of hydrogen-bond donors (Lipinski definition) is 0. The minimum atomic E-state index is -0.477. The third kappa shape index (κ3) is 4.34. The van der Waals surface area contributed by atoms with Gasteiger partial charge in [0.15, 0.2) is 17.6 Å². The molecule has 9 heteroatoms. The molecule has 8 nitrogen and oxygen atoms in total. The minimum absolute atomic E-state index is 0.00332. The van der Waals surface area contributed by atoms with E-state index in [0.29, 0.717) is 47.2 Å². The second-order valence-electron chi connectivity index (χ2n) is 9.41. The van der Waals surface area contributed by atoms with Crippen molar-refractivity contribution in [2.24, 2.45) is 0 Å². The molecule has 194 valence electrons. The molecule has 2 aliphatic rings. The first-order valence-electron chi connectivity index (χ1n) is 12.6. The van der Waals surface area contributed by atoms with Crippen molar-refractivity contribution in [3.63, 3.8) is 0 Å². The number of para-hydroxylation sites is 4. The Bertz CT molecular complexity index is 1750. The Kier molecular flexibility index (Phi) is 5.85. The standard InChI is InChI=1S/C30H23N3O5S/c34-27-18-39-29(32(27)15-21-17-36-25-12-6-7-13-26(25)37-21)23-16-33(20-9-2-1-3-10-20)31-28(23)22-14-19-8-4-5-11-24(19)38-30(22)35/h1-14,16,21,29H,15,17-18H2/t21-,29-/m0/s1. The van der Waals surface area contributed by atoms with Crippen molar-refractivity contribution in [1.29, 1.82) is 0 Å². The summed E-state index contributed by atoms with van der Waals surface area (Å²) in [5.74, 6) is 1.67. The zero-order valence-corrected chi connectivity index (χ0v) is 21.5. The van der Waals surface area contributed by atoms with Crippen LogP contribution in [-0.2, 0) is 4.79 Å². The molecule has 2 aromatic heterocycles. The van der Waals surface area contributed by atoms with Gasteiger partial charge in [0.1, 0.15) is 23.3 Å². The van der Waals surface area contributed by atoms with Crippen molar-refractivity contribution in [2.45, 2.75) is 11.5 Å². The molecule has 0 spiro atoms. The number of rotatable bonds is 5.